The average Bonchev–Trinajstić information content (AvgIpc) is 2.19. The maximum Gasteiger partial charge on any atom is 0.268 e. The van der Waals surface area contributed by atoms with Crippen LogP contribution in [-0.4, -0.2) is 5.91 Å². The molecule has 0 aromatic heterocycles. The highest BCUT2D eigenvalue weighted by Crippen LogP contribution is 2.30. The molecule has 76 valence electrons. The van der Waals surface area contributed by atoms with Crippen LogP contribution in [0, 0.1) is 11.6 Å². The fourth-order valence-corrected chi connectivity index (χ4v) is 1.30. The van der Waals surface area contributed by atoms with Crippen LogP contribution >= 0.6 is 27.5 Å². The Kier molecular flexibility index (Phi) is 3.41. The molecule has 0 spiro atoms. The summed E-state index contributed by atoms with van der Waals surface area (Å²) >= 11 is 8.13. The molecule has 0 aliphatic carbocycles. The van der Waals surface area contributed by atoms with Crippen molar-refractivity contribution in [1.29, 1.82) is 0 Å². The Labute approximate surface area is 91.3 Å². The van der Waals surface area contributed by atoms with Gasteiger partial charge in [-0.3, -0.25) is 10.2 Å². The van der Waals surface area contributed by atoms with Gasteiger partial charge in [0.25, 0.3) is 5.91 Å². The number of benzene rings is 1. The zero-order chi connectivity index (χ0) is 10.9. The van der Waals surface area contributed by atoms with Crippen molar-refractivity contribution in [3.8, 4) is 0 Å². The first-order valence-electron chi connectivity index (χ1n) is 3.33. The van der Waals surface area contributed by atoms with Crippen LogP contribution in [0.1, 0.15) is 10.4 Å². The smallest absolute Gasteiger partial charge is 0.268 e. The number of nitrogen functional groups attached to an aromatic ring is 1. The summed E-state index contributed by atoms with van der Waals surface area (Å²) in [6, 6.07) is 0.702. The Morgan fingerprint density at radius 3 is 2.64 bits per heavy atom. The lowest BCUT2D eigenvalue weighted by atomic mass is 10.2. The van der Waals surface area contributed by atoms with Crippen LogP contribution in [-0.2, 0) is 0 Å². The molecule has 7 heteroatoms. The predicted molar refractivity (Wildman–Crippen MR) is 50.7 cm³/mol. The van der Waals surface area contributed by atoms with Gasteiger partial charge in [-0.15, -0.1) is 0 Å². The molecule has 0 aliphatic heterocycles. The Hall–Kier alpha value is -0.720. The normalized spacial score (nSPS) is 10.1. The molecule has 0 fully saturated rings. The predicted octanol–water partition coefficient (Wildman–Crippen LogP) is 1.98. The largest absolute Gasteiger partial charge is 0.290 e. The van der Waals surface area contributed by atoms with Gasteiger partial charge in [0.15, 0.2) is 5.82 Å². The van der Waals surface area contributed by atoms with Crippen LogP contribution in [0.3, 0.4) is 0 Å². The molecule has 0 saturated carbocycles. The van der Waals surface area contributed by atoms with Gasteiger partial charge in [0.2, 0.25) is 0 Å². The summed E-state index contributed by atoms with van der Waals surface area (Å²) in [7, 11) is 0. The highest BCUT2D eigenvalue weighted by Gasteiger charge is 2.19. The summed E-state index contributed by atoms with van der Waals surface area (Å²) in [6.07, 6.45) is 0. The van der Waals surface area contributed by atoms with Crippen molar-refractivity contribution in [2.24, 2.45) is 5.84 Å². The lowest BCUT2D eigenvalue weighted by Crippen LogP contribution is -2.31. The molecule has 1 amide bonds. The van der Waals surface area contributed by atoms with E-state index in [4.69, 9.17) is 17.4 Å². The van der Waals surface area contributed by atoms with Gasteiger partial charge in [0, 0.05) is 0 Å². The number of hydrogen-bond acceptors (Lipinski definition) is 2. The first kappa shape index (κ1) is 11.4. The average molecular weight is 285 g/mol. The SMILES string of the molecule is NNC(=O)c1cc(F)c(Br)c(Cl)c1F. The van der Waals surface area contributed by atoms with Gasteiger partial charge in [-0.2, -0.15) is 0 Å². The Balaban J connectivity index is 3.40. The summed E-state index contributed by atoms with van der Waals surface area (Å²) in [4.78, 5) is 10.9. The van der Waals surface area contributed by atoms with Crippen molar-refractivity contribution in [1.82, 2.24) is 5.43 Å². The standard InChI is InChI=1S/C7H4BrClF2N2O/c8-4-3(10)1-2(7(14)13-12)6(11)5(4)9/h1H,12H2,(H,13,14). The summed E-state index contributed by atoms with van der Waals surface area (Å²) in [6.45, 7) is 0. The molecule has 0 bridgehead atoms. The molecule has 3 nitrogen and oxygen atoms in total. The van der Waals surface area contributed by atoms with Gasteiger partial charge in [0.1, 0.15) is 5.82 Å². The summed E-state index contributed by atoms with van der Waals surface area (Å²) in [5, 5.41) is -0.497. The zero-order valence-corrected chi connectivity index (χ0v) is 8.92. The van der Waals surface area contributed by atoms with E-state index in [1.165, 1.54) is 0 Å². The van der Waals surface area contributed by atoms with Crippen LogP contribution < -0.4 is 11.3 Å². The number of hydrazine groups is 1. The highest BCUT2D eigenvalue weighted by atomic mass is 79.9. The number of hydrogen-bond donors (Lipinski definition) is 2. The number of carbonyl (C=O) groups excluding carboxylic acids is 1. The maximum atomic E-state index is 13.2. The van der Waals surface area contributed by atoms with Gasteiger partial charge in [-0.1, -0.05) is 11.6 Å². The lowest BCUT2D eigenvalue weighted by molar-refractivity contribution is 0.0949. The molecule has 0 aliphatic rings. The van der Waals surface area contributed by atoms with Crippen LogP contribution in [0.5, 0.6) is 0 Å². The van der Waals surface area contributed by atoms with Crippen LogP contribution in [0.4, 0.5) is 8.78 Å². The van der Waals surface area contributed by atoms with E-state index < -0.39 is 28.1 Å². The summed E-state index contributed by atoms with van der Waals surface area (Å²) in [5.74, 6) is 1.96. The third-order valence-electron chi connectivity index (χ3n) is 1.48. The first-order valence-corrected chi connectivity index (χ1v) is 4.50. The quantitative estimate of drug-likeness (QED) is 0.272. The fraction of sp³-hybridized carbons (Fsp3) is 0. The third kappa shape index (κ3) is 1.87. The minimum atomic E-state index is -1.03. The molecular weight excluding hydrogens is 281 g/mol. The van der Waals surface area contributed by atoms with E-state index in [1.54, 1.807) is 5.43 Å². The van der Waals surface area contributed by atoms with Crippen molar-refractivity contribution in [3.05, 3.63) is 32.8 Å². The van der Waals surface area contributed by atoms with Gasteiger partial charge in [0.05, 0.1) is 15.1 Å². The zero-order valence-electron chi connectivity index (χ0n) is 6.57. The van der Waals surface area contributed by atoms with Crippen LogP contribution in [0.25, 0.3) is 0 Å². The Morgan fingerprint density at radius 2 is 2.14 bits per heavy atom. The van der Waals surface area contributed by atoms with Crippen molar-refractivity contribution in [3.63, 3.8) is 0 Å². The monoisotopic (exact) mass is 284 g/mol. The lowest BCUT2D eigenvalue weighted by Gasteiger charge is -2.05. The van der Waals surface area contributed by atoms with E-state index in [0.29, 0.717) is 6.07 Å². The molecule has 1 aromatic rings. The number of halogens is 4. The third-order valence-corrected chi connectivity index (χ3v) is 2.84. The second kappa shape index (κ2) is 4.20. The highest BCUT2D eigenvalue weighted by molar-refractivity contribution is 9.10. The summed E-state index contributed by atoms with van der Waals surface area (Å²) < 4.78 is 26.0. The first-order chi connectivity index (χ1) is 6.49. The van der Waals surface area contributed by atoms with E-state index in [1.807, 2.05) is 0 Å². The topological polar surface area (TPSA) is 55.1 Å². The molecule has 0 saturated heterocycles. The number of nitrogens with one attached hydrogen (secondary N) is 1. The van der Waals surface area contributed by atoms with E-state index in [2.05, 4.69) is 15.9 Å². The minimum absolute atomic E-state index is 0.231. The minimum Gasteiger partial charge on any atom is -0.290 e. The number of rotatable bonds is 1. The van der Waals surface area contributed by atoms with Crippen molar-refractivity contribution < 1.29 is 13.6 Å². The Bertz CT molecular complexity index is 400. The van der Waals surface area contributed by atoms with Crippen molar-refractivity contribution in [2.75, 3.05) is 0 Å². The maximum absolute atomic E-state index is 13.2. The van der Waals surface area contributed by atoms with E-state index in [-0.39, 0.29) is 4.47 Å². The van der Waals surface area contributed by atoms with Crippen LogP contribution in [0.15, 0.2) is 10.5 Å². The Morgan fingerprint density at radius 1 is 1.57 bits per heavy atom. The van der Waals surface area contributed by atoms with E-state index in [9.17, 15) is 13.6 Å². The number of carbonyl (C=O) groups is 1. The molecule has 3 N–H and O–H groups in total. The fourth-order valence-electron chi connectivity index (χ4n) is 0.816. The van der Waals surface area contributed by atoms with Crippen molar-refractivity contribution in [2.45, 2.75) is 0 Å². The molecule has 0 unspecified atom stereocenters. The molecule has 14 heavy (non-hydrogen) atoms. The molecule has 0 heterocycles. The molecule has 1 aromatic carbocycles. The van der Waals surface area contributed by atoms with E-state index in [0.717, 1.165) is 0 Å². The molecular formula is C7H4BrClF2N2O. The van der Waals surface area contributed by atoms with Crippen LogP contribution in [0.2, 0.25) is 5.02 Å². The van der Waals surface area contributed by atoms with Crippen molar-refractivity contribution >= 4 is 33.4 Å². The second-order valence-electron chi connectivity index (χ2n) is 2.32. The number of amides is 1. The van der Waals surface area contributed by atoms with E-state index >= 15 is 0 Å². The number of nitrogens with two attached hydrogens (primary N) is 1. The molecule has 1 rings (SSSR count). The molecule has 0 radical (unpaired) electrons. The van der Waals surface area contributed by atoms with Gasteiger partial charge < -0.3 is 0 Å². The van der Waals surface area contributed by atoms with Gasteiger partial charge in [-0.05, 0) is 22.0 Å². The molecule has 0 atom stereocenters. The second-order valence-corrected chi connectivity index (χ2v) is 3.49. The van der Waals surface area contributed by atoms with Gasteiger partial charge in [-0.25, -0.2) is 14.6 Å². The van der Waals surface area contributed by atoms with Gasteiger partial charge >= 0.3 is 0 Å². The summed E-state index contributed by atoms with van der Waals surface area (Å²) in [5.41, 5.74) is 1.13.